The highest BCUT2D eigenvalue weighted by Gasteiger charge is 2.42. The number of hydrogen-bond donors (Lipinski definition) is 1. The molecule has 4 rings (SSSR count). The van der Waals surface area contributed by atoms with E-state index in [0.29, 0.717) is 46.2 Å². The molecule has 6 nitrogen and oxygen atoms in total. The number of methoxy groups -OCH3 is 2. The van der Waals surface area contributed by atoms with Crippen LogP contribution in [0.2, 0.25) is 5.02 Å². The van der Waals surface area contributed by atoms with Crippen molar-refractivity contribution in [3.63, 3.8) is 0 Å². The van der Waals surface area contributed by atoms with Crippen molar-refractivity contribution in [2.45, 2.75) is 38.5 Å². The van der Waals surface area contributed by atoms with Gasteiger partial charge >= 0.3 is 5.97 Å². The van der Waals surface area contributed by atoms with Gasteiger partial charge in [-0.05, 0) is 55.5 Å². The predicted molar refractivity (Wildman–Crippen MR) is 130 cm³/mol. The van der Waals surface area contributed by atoms with Gasteiger partial charge in [0.2, 0.25) is 0 Å². The van der Waals surface area contributed by atoms with E-state index in [0.717, 1.165) is 16.8 Å². The van der Waals surface area contributed by atoms with Crippen molar-refractivity contribution in [1.82, 2.24) is 5.32 Å². The molecule has 2 aromatic carbocycles. The number of nitrogens with one attached hydrogen (secondary N) is 1. The van der Waals surface area contributed by atoms with Gasteiger partial charge in [-0.3, -0.25) is 4.79 Å². The third kappa shape index (κ3) is 4.30. The Morgan fingerprint density at radius 2 is 1.82 bits per heavy atom. The summed E-state index contributed by atoms with van der Waals surface area (Å²) in [6, 6.07) is 13.1. The van der Waals surface area contributed by atoms with Crippen LogP contribution in [0.1, 0.15) is 49.7 Å². The first kappa shape index (κ1) is 23.9. The molecular formula is C27H28ClNO5. The Morgan fingerprint density at radius 3 is 2.50 bits per heavy atom. The van der Waals surface area contributed by atoms with Crippen LogP contribution in [0.25, 0.3) is 0 Å². The number of Topliss-reactive ketones (excluding diaryl/α,β-unsaturated/α-hetero) is 1. The molecule has 0 amide bonds. The lowest BCUT2D eigenvalue weighted by molar-refractivity contribution is -0.138. The van der Waals surface area contributed by atoms with Crippen LogP contribution in [0.4, 0.5) is 0 Å². The molecule has 0 aromatic heterocycles. The van der Waals surface area contributed by atoms with E-state index in [2.05, 4.69) is 5.32 Å². The molecule has 2 aliphatic rings. The minimum absolute atomic E-state index is 0.0206. The second-order valence-electron chi connectivity index (χ2n) is 8.37. The van der Waals surface area contributed by atoms with Gasteiger partial charge in [0.15, 0.2) is 17.3 Å². The van der Waals surface area contributed by atoms with E-state index in [-0.39, 0.29) is 18.3 Å². The van der Waals surface area contributed by atoms with Crippen molar-refractivity contribution in [2.75, 3.05) is 20.8 Å². The summed E-state index contributed by atoms with van der Waals surface area (Å²) in [4.78, 5) is 26.6. The average Bonchev–Trinajstić information content (AvgIpc) is 2.83. The van der Waals surface area contributed by atoms with Crippen LogP contribution in [0, 0.1) is 0 Å². The average molecular weight is 482 g/mol. The van der Waals surface area contributed by atoms with Crippen molar-refractivity contribution in [3.05, 3.63) is 81.2 Å². The zero-order valence-corrected chi connectivity index (χ0v) is 20.5. The Balaban J connectivity index is 1.79. The van der Waals surface area contributed by atoms with E-state index in [1.807, 2.05) is 43.3 Å². The molecule has 1 N–H and O–H groups in total. The summed E-state index contributed by atoms with van der Waals surface area (Å²) in [5.41, 5.74) is 4.20. The molecule has 178 valence electrons. The third-order valence-corrected chi connectivity index (χ3v) is 6.76. The van der Waals surface area contributed by atoms with Crippen LogP contribution in [0.15, 0.2) is 65.0 Å². The molecule has 1 aliphatic carbocycles. The lowest BCUT2D eigenvalue weighted by Crippen LogP contribution is -2.36. The van der Waals surface area contributed by atoms with E-state index in [1.54, 1.807) is 27.2 Å². The first-order valence-electron chi connectivity index (χ1n) is 11.3. The minimum atomic E-state index is -0.581. The van der Waals surface area contributed by atoms with Gasteiger partial charge in [-0.1, -0.05) is 35.9 Å². The summed E-state index contributed by atoms with van der Waals surface area (Å²) in [5.74, 6) is 0.177. The molecule has 0 saturated heterocycles. The fourth-order valence-corrected chi connectivity index (χ4v) is 5.13. The fourth-order valence-electron chi connectivity index (χ4n) is 4.88. The highest BCUT2D eigenvalue weighted by molar-refractivity contribution is 6.31. The maximum absolute atomic E-state index is 13.6. The van der Waals surface area contributed by atoms with Gasteiger partial charge in [0, 0.05) is 34.3 Å². The maximum Gasteiger partial charge on any atom is 0.336 e. The molecule has 0 spiro atoms. The van der Waals surface area contributed by atoms with Crippen LogP contribution < -0.4 is 14.8 Å². The lowest BCUT2D eigenvalue weighted by Gasteiger charge is -2.37. The molecule has 2 aromatic rings. The van der Waals surface area contributed by atoms with Crippen molar-refractivity contribution >= 4 is 23.4 Å². The molecule has 1 aliphatic heterocycles. The quantitative estimate of drug-likeness (QED) is 0.566. The number of allylic oxidation sites excluding steroid dienone is 3. The van der Waals surface area contributed by atoms with Gasteiger partial charge < -0.3 is 19.5 Å². The Kier molecular flexibility index (Phi) is 6.98. The summed E-state index contributed by atoms with van der Waals surface area (Å²) in [7, 11) is 3.19. The van der Waals surface area contributed by atoms with Crippen molar-refractivity contribution in [3.8, 4) is 11.5 Å². The van der Waals surface area contributed by atoms with Crippen LogP contribution in [-0.2, 0) is 14.3 Å². The van der Waals surface area contributed by atoms with Crippen LogP contribution in [0.3, 0.4) is 0 Å². The highest BCUT2D eigenvalue weighted by Crippen LogP contribution is 2.47. The number of halogens is 1. The van der Waals surface area contributed by atoms with Crippen molar-refractivity contribution in [1.29, 1.82) is 0 Å². The Hall–Kier alpha value is -3.25. The van der Waals surface area contributed by atoms with Gasteiger partial charge in [0.25, 0.3) is 0 Å². The SMILES string of the molecule is CCOC(=O)C1=C(C)NC2=C(C(=O)C[C@@H](c3ccc(OC)c(OC)c3)C2)[C@@H]1c1ccccc1Cl. The smallest absolute Gasteiger partial charge is 0.336 e. The molecule has 2 atom stereocenters. The Morgan fingerprint density at radius 1 is 1.09 bits per heavy atom. The Bertz CT molecular complexity index is 1200. The molecule has 0 fully saturated rings. The molecule has 0 radical (unpaired) electrons. The first-order chi connectivity index (χ1) is 16.4. The summed E-state index contributed by atoms with van der Waals surface area (Å²) < 4.78 is 16.2. The molecule has 0 saturated carbocycles. The van der Waals surface area contributed by atoms with E-state index in [9.17, 15) is 9.59 Å². The summed E-state index contributed by atoms with van der Waals surface area (Å²) in [5, 5.41) is 3.85. The topological polar surface area (TPSA) is 73.9 Å². The Labute approximate surface area is 204 Å². The predicted octanol–water partition coefficient (Wildman–Crippen LogP) is 5.28. The van der Waals surface area contributed by atoms with Gasteiger partial charge in [0.05, 0.1) is 26.4 Å². The number of rotatable bonds is 6. The van der Waals surface area contributed by atoms with Gasteiger partial charge in [-0.25, -0.2) is 4.79 Å². The van der Waals surface area contributed by atoms with E-state index in [1.165, 1.54) is 0 Å². The monoisotopic (exact) mass is 481 g/mol. The number of ketones is 1. The van der Waals surface area contributed by atoms with Gasteiger partial charge in [0.1, 0.15) is 0 Å². The number of benzene rings is 2. The number of dihydropyridines is 1. The zero-order chi connectivity index (χ0) is 24.4. The zero-order valence-electron chi connectivity index (χ0n) is 19.7. The molecule has 0 bridgehead atoms. The normalized spacial score (nSPS) is 20.0. The van der Waals surface area contributed by atoms with Crippen LogP contribution >= 0.6 is 11.6 Å². The van der Waals surface area contributed by atoms with Crippen molar-refractivity contribution in [2.24, 2.45) is 0 Å². The number of ether oxygens (including phenoxy) is 3. The largest absolute Gasteiger partial charge is 0.493 e. The summed E-state index contributed by atoms with van der Waals surface area (Å²) >= 11 is 6.56. The second-order valence-corrected chi connectivity index (χ2v) is 8.78. The fraction of sp³-hybridized carbons (Fsp3) is 0.333. The van der Waals surface area contributed by atoms with E-state index >= 15 is 0 Å². The second kappa shape index (κ2) is 9.94. The lowest BCUT2D eigenvalue weighted by atomic mass is 9.71. The molecule has 1 heterocycles. The van der Waals surface area contributed by atoms with Gasteiger partial charge in [-0.2, -0.15) is 0 Å². The molecule has 7 heteroatoms. The van der Waals surface area contributed by atoms with Crippen molar-refractivity contribution < 1.29 is 23.8 Å². The van der Waals surface area contributed by atoms with Crippen LogP contribution in [-0.4, -0.2) is 32.6 Å². The van der Waals surface area contributed by atoms with E-state index in [4.69, 9.17) is 25.8 Å². The highest BCUT2D eigenvalue weighted by atomic mass is 35.5. The third-order valence-electron chi connectivity index (χ3n) is 6.42. The number of carbonyl (C=O) groups is 2. The van der Waals surface area contributed by atoms with E-state index < -0.39 is 11.9 Å². The van der Waals surface area contributed by atoms with Gasteiger partial charge in [-0.15, -0.1) is 0 Å². The molecule has 0 unspecified atom stereocenters. The number of esters is 1. The molecular weight excluding hydrogens is 454 g/mol. The molecule has 34 heavy (non-hydrogen) atoms. The summed E-state index contributed by atoms with van der Waals surface area (Å²) in [6.07, 6.45) is 0.928. The number of carbonyl (C=O) groups excluding carboxylic acids is 2. The first-order valence-corrected chi connectivity index (χ1v) is 11.6. The van der Waals surface area contributed by atoms with Crippen LogP contribution in [0.5, 0.6) is 11.5 Å². The standard InChI is InChI=1S/C27H28ClNO5/c1-5-34-27(31)24-15(2)29-20-12-17(16-10-11-22(32-3)23(14-16)33-4)13-21(30)26(20)25(24)18-8-6-7-9-19(18)28/h6-11,14,17,25,29H,5,12-13H2,1-4H3/t17-,25+/m0/s1. The maximum atomic E-state index is 13.6. The summed E-state index contributed by atoms with van der Waals surface area (Å²) in [6.45, 7) is 3.84. The minimum Gasteiger partial charge on any atom is -0.493 e. The number of hydrogen-bond acceptors (Lipinski definition) is 6.